The molecule has 6 heteroatoms. The minimum absolute atomic E-state index is 0.108. The van der Waals surface area contributed by atoms with Crippen molar-refractivity contribution in [2.24, 2.45) is 0 Å². The maximum absolute atomic E-state index is 12.8. The van der Waals surface area contributed by atoms with E-state index in [2.05, 4.69) is 130 Å². The third-order valence-electron chi connectivity index (χ3n) is 11.2. The quantitative estimate of drug-likeness (QED) is 0.0262. The van der Waals surface area contributed by atoms with E-state index in [9.17, 15) is 14.4 Å². The number of ether oxygens (including phenoxy) is 3. The van der Waals surface area contributed by atoms with Crippen molar-refractivity contribution in [3.05, 3.63) is 109 Å². The predicted molar refractivity (Wildman–Crippen MR) is 288 cm³/mol. The average molecular weight is 929 g/mol. The van der Waals surface area contributed by atoms with Gasteiger partial charge in [0.05, 0.1) is 0 Å². The largest absolute Gasteiger partial charge is 0.462 e. The van der Waals surface area contributed by atoms with Gasteiger partial charge in [-0.15, -0.1) is 0 Å². The van der Waals surface area contributed by atoms with Crippen LogP contribution in [0.25, 0.3) is 0 Å². The Balaban J connectivity index is 4.52. The standard InChI is InChI=1S/C61H100O6/c1-4-7-10-13-16-19-22-25-28-31-34-36-39-42-45-48-51-54-60(63)66-57-58(67-61(64)55-52-49-46-43-40-37-33-30-27-24-21-18-15-12-9-6-3)56-65-59(62)53-50-47-44-41-38-35-32-29-26-23-20-17-14-11-8-5-2/h8-9,11-12,17-18,20-21,25-30,34,36,42,45,58H,4-7,10,13-16,19,22-24,31-33,35,37-41,43-44,46-57H2,1-3H3/b11-8-,12-9-,20-17-,21-18-,28-25-,29-26-,30-27-,36-34-,45-42-. The molecule has 1 unspecified atom stereocenters. The fraction of sp³-hybridized carbons (Fsp3) is 0.656. The average Bonchev–Trinajstić information content (AvgIpc) is 3.33. The maximum Gasteiger partial charge on any atom is 0.306 e. The zero-order valence-corrected chi connectivity index (χ0v) is 43.4. The Kier molecular flexibility index (Phi) is 51.5. The molecular weight excluding hydrogens is 829 g/mol. The minimum atomic E-state index is -0.813. The van der Waals surface area contributed by atoms with Gasteiger partial charge in [-0.3, -0.25) is 14.4 Å². The lowest BCUT2D eigenvalue weighted by Gasteiger charge is -2.18. The van der Waals surface area contributed by atoms with E-state index in [1.165, 1.54) is 70.6 Å². The van der Waals surface area contributed by atoms with E-state index in [0.29, 0.717) is 19.3 Å². The van der Waals surface area contributed by atoms with Gasteiger partial charge in [0.15, 0.2) is 6.10 Å². The zero-order chi connectivity index (χ0) is 48.6. The van der Waals surface area contributed by atoms with Gasteiger partial charge in [0.25, 0.3) is 0 Å². The molecule has 0 aromatic rings. The van der Waals surface area contributed by atoms with Gasteiger partial charge in [0.2, 0.25) is 0 Å². The molecule has 0 fully saturated rings. The SMILES string of the molecule is CC/C=C\C/C=C\C/C=C\CCCCCCCCC(=O)OCC(COC(=O)CCC/C=C\C/C=C\C/C=C\CCCCCCCC)OC(=O)CCCCCCCC/C=C\C/C=C\C/C=C\CC. The molecule has 6 nitrogen and oxygen atoms in total. The first kappa shape index (κ1) is 63.1. The second-order valence-corrected chi connectivity index (χ2v) is 17.7. The Morgan fingerprint density at radius 1 is 0.313 bits per heavy atom. The molecule has 0 aliphatic heterocycles. The molecule has 0 aliphatic rings. The number of allylic oxidation sites excluding steroid dienone is 18. The monoisotopic (exact) mass is 929 g/mol. The van der Waals surface area contributed by atoms with E-state index >= 15 is 0 Å². The number of carbonyl (C=O) groups excluding carboxylic acids is 3. The summed E-state index contributed by atoms with van der Waals surface area (Å²) in [5.74, 6) is -0.989. The highest BCUT2D eigenvalue weighted by molar-refractivity contribution is 5.71. The van der Waals surface area contributed by atoms with Gasteiger partial charge < -0.3 is 14.2 Å². The fourth-order valence-electron chi connectivity index (χ4n) is 7.19. The molecular formula is C61H100O6. The Morgan fingerprint density at radius 3 is 0.970 bits per heavy atom. The van der Waals surface area contributed by atoms with Crippen LogP contribution < -0.4 is 0 Å². The van der Waals surface area contributed by atoms with Crippen LogP contribution in [0.1, 0.15) is 239 Å². The summed E-state index contributed by atoms with van der Waals surface area (Å²) < 4.78 is 16.8. The molecule has 0 aliphatic carbocycles. The van der Waals surface area contributed by atoms with Crippen LogP contribution >= 0.6 is 0 Å². The van der Waals surface area contributed by atoms with Crippen molar-refractivity contribution in [3.63, 3.8) is 0 Å². The summed E-state index contributed by atoms with van der Waals surface area (Å²) in [5, 5.41) is 0. The summed E-state index contributed by atoms with van der Waals surface area (Å²) in [6.45, 7) is 6.34. The lowest BCUT2D eigenvalue weighted by Crippen LogP contribution is -2.30. The summed E-state index contributed by atoms with van der Waals surface area (Å²) in [7, 11) is 0. The van der Waals surface area contributed by atoms with Crippen LogP contribution in [0, 0.1) is 0 Å². The summed E-state index contributed by atoms with van der Waals surface area (Å²) in [4.78, 5) is 38.1. The first-order valence-corrected chi connectivity index (χ1v) is 27.4. The maximum atomic E-state index is 12.8. The van der Waals surface area contributed by atoms with Crippen molar-refractivity contribution in [3.8, 4) is 0 Å². The highest BCUT2D eigenvalue weighted by Crippen LogP contribution is 2.13. The molecule has 0 saturated heterocycles. The van der Waals surface area contributed by atoms with Gasteiger partial charge in [-0.2, -0.15) is 0 Å². The van der Waals surface area contributed by atoms with E-state index in [0.717, 1.165) is 122 Å². The molecule has 0 amide bonds. The summed E-state index contributed by atoms with van der Waals surface area (Å²) in [5.41, 5.74) is 0. The molecule has 67 heavy (non-hydrogen) atoms. The van der Waals surface area contributed by atoms with Crippen molar-refractivity contribution >= 4 is 17.9 Å². The van der Waals surface area contributed by atoms with Gasteiger partial charge in [-0.1, -0.05) is 214 Å². The third kappa shape index (κ3) is 52.9. The second kappa shape index (κ2) is 54.7. The van der Waals surface area contributed by atoms with Crippen molar-refractivity contribution in [2.75, 3.05) is 13.2 Å². The number of rotatable bonds is 48. The Bertz CT molecular complexity index is 1390. The van der Waals surface area contributed by atoms with E-state index in [-0.39, 0.29) is 37.5 Å². The number of hydrogen-bond donors (Lipinski definition) is 0. The molecule has 380 valence electrons. The van der Waals surface area contributed by atoms with Gasteiger partial charge in [-0.05, 0) is 116 Å². The van der Waals surface area contributed by atoms with Crippen molar-refractivity contribution in [2.45, 2.75) is 245 Å². The van der Waals surface area contributed by atoms with Crippen LogP contribution in [0.5, 0.6) is 0 Å². The third-order valence-corrected chi connectivity index (χ3v) is 11.2. The van der Waals surface area contributed by atoms with Crippen LogP contribution in [0.3, 0.4) is 0 Å². The van der Waals surface area contributed by atoms with Gasteiger partial charge >= 0.3 is 17.9 Å². The van der Waals surface area contributed by atoms with E-state index in [4.69, 9.17) is 14.2 Å². The zero-order valence-electron chi connectivity index (χ0n) is 43.4. The molecule has 0 aromatic heterocycles. The molecule has 0 N–H and O–H groups in total. The van der Waals surface area contributed by atoms with Crippen LogP contribution in [0.2, 0.25) is 0 Å². The number of esters is 3. The summed E-state index contributed by atoms with van der Waals surface area (Å²) in [6, 6.07) is 0. The van der Waals surface area contributed by atoms with Crippen LogP contribution in [-0.4, -0.2) is 37.2 Å². The smallest absolute Gasteiger partial charge is 0.306 e. The van der Waals surface area contributed by atoms with Crippen LogP contribution in [-0.2, 0) is 28.6 Å². The lowest BCUT2D eigenvalue weighted by atomic mass is 10.1. The normalized spacial score (nSPS) is 12.9. The Hall–Kier alpha value is -3.93. The van der Waals surface area contributed by atoms with E-state index in [1.807, 2.05) is 0 Å². The first-order valence-electron chi connectivity index (χ1n) is 27.4. The topological polar surface area (TPSA) is 78.9 Å². The molecule has 0 bridgehead atoms. The van der Waals surface area contributed by atoms with Crippen LogP contribution in [0.4, 0.5) is 0 Å². The molecule has 0 heterocycles. The predicted octanol–water partition coefficient (Wildman–Crippen LogP) is 18.3. The van der Waals surface area contributed by atoms with Gasteiger partial charge in [0.1, 0.15) is 13.2 Å². The van der Waals surface area contributed by atoms with Crippen LogP contribution in [0.15, 0.2) is 109 Å². The molecule has 0 radical (unpaired) electrons. The second-order valence-electron chi connectivity index (χ2n) is 17.7. The lowest BCUT2D eigenvalue weighted by molar-refractivity contribution is -0.167. The molecule has 0 saturated carbocycles. The van der Waals surface area contributed by atoms with E-state index < -0.39 is 6.10 Å². The van der Waals surface area contributed by atoms with Crippen molar-refractivity contribution in [1.29, 1.82) is 0 Å². The van der Waals surface area contributed by atoms with Gasteiger partial charge in [0, 0.05) is 19.3 Å². The molecule has 0 rings (SSSR count). The highest BCUT2D eigenvalue weighted by Gasteiger charge is 2.19. The summed E-state index contributed by atoms with van der Waals surface area (Å²) >= 11 is 0. The minimum Gasteiger partial charge on any atom is -0.462 e. The number of unbranched alkanes of at least 4 members (excludes halogenated alkanes) is 19. The summed E-state index contributed by atoms with van der Waals surface area (Å²) in [6.07, 6.45) is 73.6. The Labute approximate surface area is 412 Å². The fourth-order valence-corrected chi connectivity index (χ4v) is 7.19. The molecule has 0 aromatic carbocycles. The molecule has 1 atom stereocenters. The highest BCUT2D eigenvalue weighted by atomic mass is 16.6. The Morgan fingerprint density at radius 2 is 0.597 bits per heavy atom. The van der Waals surface area contributed by atoms with Crippen molar-refractivity contribution in [1.82, 2.24) is 0 Å². The van der Waals surface area contributed by atoms with E-state index in [1.54, 1.807) is 0 Å². The molecule has 0 spiro atoms. The first-order chi connectivity index (χ1) is 33.0. The number of carbonyl (C=O) groups is 3. The van der Waals surface area contributed by atoms with Crippen molar-refractivity contribution < 1.29 is 28.6 Å². The number of hydrogen-bond acceptors (Lipinski definition) is 6. The van der Waals surface area contributed by atoms with Gasteiger partial charge in [-0.25, -0.2) is 0 Å².